The molecule has 0 unspecified atom stereocenters. The van der Waals surface area contributed by atoms with Gasteiger partial charge < -0.3 is 0 Å². The van der Waals surface area contributed by atoms with Gasteiger partial charge in [0.25, 0.3) is 0 Å². The molecule has 0 spiro atoms. The van der Waals surface area contributed by atoms with Crippen LogP contribution in [0.4, 0.5) is 4.39 Å². The molecule has 3 rings (SSSR count). The highest BCUT2D eigenvalue weighted by Crippen LogP contribution is 2.29. The van der Waals surface area contributed by atoms with Crippen LogP contribution < -0.4 is 0 Å². The minimum Gasteiger partial charge on any atom is -0.207 e. The van der Waals surface area contributed by atoms with Crippen LogP contribution in [0.5, 0.6) is 0 Å². The largest absolute Gasteiger partial charge is 0.207 e. The van der Waals surface area contributed by atoms with E-state index in [1.807, 2.05) is 12.1 Å². The van der Waals surface area contributed by atoms with Crippen molar-refractivity contribution in [3.8, 4) is 10.4 Å². The molecule has 3 aromatic rings. The predicted molar refractivity (Wildman–Crippen MR) is 79.0 cm³/mol. The lowest BCUT2D eigenvalue weighted by Crippen LogP contribution is -1.81. The summed E-state index contributed by atoms with van der Waals surface area (Å²) >= 11 is 1.72. The van der Waals surface area contributed by atoms with Crippen LogP contribution >= 0.6 is 11.3 Å². The van der Waals surface area contributed by atoms with Gasteiger partial charge in [0, 0.05) is 16.2 Å². The highest BCUT2D eigenvalue weighted by atomic mass is 32.1. The molecule has 0 aliphatic rings. The van der Waals surface area contributed by atoms with Gasteiger partial charge in [-0.2, -0.15) is 0 Å². The molecule has 0 bridgehead atoms. The molecule has 19 heavy (non-hydrogen) atoms. The van der Waals surface area contributed by atoms with Crippen LogP contribution in [0.1, 0.15) is 10.4 Å². The molecule has 2 aromatic carbocycles. The lowest BCUT2D eigenvalue weighted by Gasteiger charge is -1.98. The van der Waals surface area contributed by atoms with E-state index in [-0.39, 0.29) is 5.82 Å². The summed E-state index contributed by atoms with van der Waals surface area (Å²) in [6, 6.07) is 21.3. The zero-order valence-corrected chi connectivity index (χ0v) is 11.2. The van der Waals surface area contributed by atoms with Gasteiger partial charge in [0.1, 0.15) is 5.82 Å². The van der Waals surface area contributed by atoms with Crippen molar-refractivity contribution in [2.24, 2.45) is 0 Å². The molecular weight excluding hydrogens is 255 g/mol. The summed E-state index contributed by atoms with van der Waals surface area (Å²) < 4.78 is 13.2. The molecule has 0 saturated heterocycles. The standard InChI is InChI=1S/C17H13FS/c18-15-8-4-7-14(12-15)17-10-9-16(19-17)11-13-5-2-1-3-6-13/h1-10,12H,11H2. The summed E-state index contributed by atoms with van der Waals surface area (Å²) in [5, 5.41) is 0. The molecule has 0 fully saturated rings. The lowest BCUT2D eigenvalue weighted by molar-refractivity contribution is 0.628. The van der Waals surface area contributed by atoms with E-state index in [2.05, 4.69) is 36.4 Å². The second kappa shape index (κ2) is 5.37. The first kappa shape index (κ1) is 12.1. The smallest absolute Gasteiger partial charge is 0.123 e. The van der Waals surface area contributed by atoms with Gasteiger partial charge in [-0.1, -0.05) is 42.5 Å². The third kappa shape index (κ3) is 2.91. The Hall–Kier alpha value is -1.93. The summed E-state index contributed by atoms with van der Waals surface area (Å²) in [5.41, 5.74) is 2.25. The second-order valence-corrected chi connectivity index (χ2v) is 5.61. The monoisotopic (exact) mass is 268 g/mol. The van der Waals surface area contributed by atoms with Gasteiger partial charge >= 0.3 is 0 Å². The third-order valence-corrected chi connectivity index (χ3v) is 4.13. The molecule has 0 aliphatic carbocycles. The maximum absolute atomic E-state index is 13.2. The Bertz CT molecular complexity index is 670. The molecule has 94 valence electrons. The highest BCUT2D eigenvalue weighted by Gasteiger charge is 2.04. The zero-order valence-electron chi connectivity index (χ0n) is 10.3. The fraction of sp³-hybridized carbons (Fsp3) is 0.0588. The van der Waals surface area contributed by atoms with Crippen LogP contribution in [0.15, 0.2) is 66.7 Å². The molecule has 0 saturated carbocycles. The fourth-order valence-corrected chi connectivity index (χ4v) is 3.11. The molecule has 2 heteroatoms. The summed E-state index contributed by atoms with van der Waals surface area (Å²) in [5.74, 6) is -0.185. The van der Waals surface area contributed by atoms with Gasteiger partial charge in [0.05, 0.1) is 0 Å². The fourth-order valence-electron chi connectivity index (χ4n) is 2.07. The first-order valence-electron chi connectivity index (χ1n) is 6.20. The summed E-state index contributed by atoms with van der Waals surface area (Å²) in [7, 11) is 0. The number of rotatable bonds is 3. The van der Waals surface area contributed by atoms with E-state index >= 15 is 0 Å². The van der Waals surface area contributed by atoms with Gasteiger partial charge in [0.15, 0.2) is 0 Å². The number of hydrogen-bond acceptors (Lipinski definition) is 1. The molecular formula is C17H13FS. The van der Waals surface area contributed by atoms with Gasteiger partial charge in [0.2, 0.25) is 0 Å². The van der Waals surface area contributed by atoms with E-state index in [9.17, 15) is 4.39 Å². The Balaban J connectivity index is 1.84. The van der Waals surface area contributed by atoms with Gasteiger partial charge in [-0.3, -0.25) is 0 Å². The quantitative estimate of drug-likeness (QED) is 0.616. The van der Waals surface area contributed by atoms with Crippen LogP contribution in [0, 0.1) is 5.82 Å². The predicted octanol–water partition coefficient (Wildman–Crippen LogP) is 5.15. The topological polar surface area (TPSA) is 0 Å². The van der Waals surface area contributed by atoms with Gasteiger partial charge in [-0.25, -0.2) is 4.39 Å². The maximum atomic E-state index is 13.2. The van der Waals surface area contributed by atoms with E-state index in [4.69, 9.17) is 0 Å². The Morgan fingerprint density at radius 3 is 2.47 bits per heavy atom. The van der Waals surface area contributed by atoms with E-state index in [1.54, 1.807) is 23.5 Å². The number of halogens is 1. The first-order chi connectivity index (χ1) is 9.31. The number of hydrogen-bond donors (Lipinski definition) is 0. The molecule has 0 N–H and O–H groups in total. The van der Waals surface area contributed by atoms with Crippen LogP contribution in [0.2, 0.25) is 0 Å². The molecule has 0 radical (unpaired) electrons. The number of benzene rings is 2. The lowest BCUT2D eigenvalue weighted by atomic mass is 10.1. The molecule has 0 nitrogen and oxygen atoms in total. The van der Waals surface area contributed by atoms with Crippen LogP contribution in [-0.2, 0) is 6.42 Å². The Morgan fingerprint density at radius 2 is 1.68 bits per heavy atom. The van der Waals surface area contributed by atoms with Gasteiger partial charge in [-0.15, -0.1) is 11.3 Å². The first-order valence-corrected chi connectivity index (χ1v) is 7.01. The van der Waals surface area contributed by atoms with E-state index < -0.39 is 0 Å². The SMILES string of the molecule is Fc1cccc(-c2ccc(Cc3ccccc3)s2)c1. The second-order valence-electron chi connectivity index (χ2n) is 4.44. The highest BCUT2D eigenvalue weighted by molar-refractivity contribution is 7.15. The minimum absolute atomic E-state index is 0.185. The summed E-state index contributed by atoms with van der Waals surface area (Å²) in [6.07, 6.45) is 0.931. The normalized spacial score (nSPS) is 10.6. The van der Waals surface area contributed by atoms with Crippen molar-refractivity contribution in [1.82, 2.24) is 0 Å². The van der Waals surface area contributed by atoms with Crippen molar-refractivity contribution in [3.63, 3.8) is 0 Å². The van der Waals surface area contributed by atoms with Crippen LogP contribution in [-0.4, -0.2) is 0 Å². The van der Waals surface area contributed by atoms with Crippen LogP contribution in [0.3, 0.4) is 0 Å². The van der Waals surface area contributed by atoms with E-state index in [1.165, 1.54) is 16.5 Å². The summed E-state index contributed by atoms with van der Waals surface area (Å²) in [6.45, 7) is 0. The van der Waals surface area contributed by atoms with Crippen molar-refractivity contribution < 1.29 is 4.39 Å². The van der Waals surface area contributed by atoms with Crippen molar-refractivity contribution >= 4 is 11.3 Å². The van der Waals surface area contributed by atoms with E-state index in [0.717, 1.165) is 16.9 Å². The molecule has 0 amide bonds. The Morgan fingerprint density at radius 1 is 0.842 bits per heavy atom. The van der Waals surface area contributed by atoms with Gasteiger partial charge in [-0.05, 0) is 35.4 Å². The average Bonchev–Trinajstić information content (AvgIpc) is 2.88. The zero-order chi connectivity index (χ0) is 13.1. The average molecular weight is 268 g/mol. The maximum Gasteiger partial charge on any atom is 0.123 e. The van der Waals surface area contributed by atoms with Crippen LogP contribution in [0.25, 0.3) is 10.4 Å². The number of thiophene rings is 1. The third-order valence-electron chi connectivity index (χ3n) is 2.99. The molecule has 1 heterocycles. The minimum atomic E-state index is -0.185. The molecule has 1 aromatic heterocycles. The molecule has 0 aliphatic heterocycles. The summed E-state index contributed by atoms with van der Waals surface area (Å²) in [4.78, 5) is 2.41. The Kier molecular flexibility index (Phi) is 3.43. The van der Waals surface area contributed by atoms with Crippen molar-refractivity contribution in [2.45, 2.75) is 6.42 Å². The van der Waals surface area contributed by atoms with Crippen molar-refractivity contribution in [1.29, 1.82) is 0 Å². The van der Waals surface area contributed by atoms with Crippen molar-refractivity contribution in [2.75, 3.05) is 0 Å². The Labute approximate surface area is 116 Å². The van der Waals surface area contributed by atoms with E-state index in [0.29, 0.717) is 0 Å². The van der Waals surface area contributed by atoms with Crippen molar-refractivity contribution in [3.05, 3.63) is 83.0 Å². The molecule has 0 atom stereocenters.